The number of aliphatic hydroxyl groups is 1. The molecule has 142 valence electrons. The summed E-state index contributed by atoms with van der Waals surface area (Å²) in [6.45, 7) is 16.7. The fourth-order valence-electron chi connectivity index (χ4n) is 4.20. The normalized spacial score (nSPS) is 38.5. The summed E-state index contributed by atoms with van der Waals surface area (Å²) in [6, 6.07) is 0. The van der Waals surface area contributed by atoms with Gasteiger partial charge in [-0.05, 0) is 73.5 Å². The summed E-state index contributed by atoms with van der Waals surface area (Å²) >= 11 is 0. The minimum Gasteiger partial charge on any atom is -0.403 e. The summed E-state index contributed by atoms with van der Waals surface area (Å²) in [7, 11) is -0.626. The Labute approximate surface area is 153 Å². The van der Waals surface area contributed by atoms with E-state index in [4.69, 9.17) is 18.6 Å². The van der Waals surface area contributed by atoms with Crippen LogP contribution in [0.5, 0.6) is 0 Å². The molecule has 1 N–H and O–H groups in total. The molecule has 2 saturated heterocycles. The first-order chi connectivity index (χ1) is 11.3. The topological polar surface area (TPSA) is 57.2 Å². The highest BCUT2D eigenvalue weighted by Gasteiger charge is 2.63. The highest BCUT2D eigenvalue weighted by Crippen LogP contribution is 2.56. The van der Waals surface area contributed by atoms with E-state index in [1.165, 1.54) is 0 Å². The molecule has 0 amide bonds. The first-order valence-corrected chi connectivity index (χ1v) is 9.63. The van der Waals surface area contributed by atoms with Crippen molar-refractivity contribution in [1.29, 1.82) is 0 Å². The van der Waals surface area contributed by atoms with Crippen LogP contribution in [0.1, 0.15) is 68.2 Å². The van der Waals surface area contributed by atoms with Crippen LogP contribution in [0.3, 0.4) is 0 Å². The Morgan fingerprint density at radius 1 is 0.720 bits per heavy atom. The highest BCUT2D eigenvalue weighted by molar-refractivity contribution is 6.55. The van der Waals surface area contributed by atoms with Gasteiger partial charge < -0.3 is 23.7 Å². The predicted octanol–water partition coefficient (Wildman–Crippen LogP) is 3.31. The molecular weight excluding hydrogens is 318 g/mol. The summed E-state index contributed by atoms with van der Waals surface area (Å²) in [5.74, 6) is 0.382. The molecule has 3 aliphatic rings. The standard InChI is InChI=1S/C18H34B2O5/c1-15(2)16(3,4)23-19(22-15)13-10-9-12(11-21)14(13)20-24-17(5,6)18(7,8)25-20/h12-14,21H,9-11H2,1-8H3/t12-,13-,14+/m0/s1. The summed E-state index contributed by atoms with van der Waals surface area (Å²) in [4.78, 5) is 0. The van der Waals surface area contributed by atoms with Crippen molar-refractivity contribution < 1.29 is 23.7 Å². The lowest BCUT2D eigenvalue weighted by atomic mass is 9.52. The van der Waals surface area contributed by atoms with Crippen molar-refractivity contribution in [1.82, 2.24) is 0 Å². The van der Waals surface area contributed by atoms with Crippen molar-refractivity contribution >= 4 is 14.2 Å². The molecule has 1 saturated carbocycles. The molecule has 1 aliphatic carbocycles. The molecule has 0 aromatic heterocycles. The van der Waals surface area contributed by atoms with Crippen LogP contribution in [0.25, 0.3) is 0 Å². The minimum absolute atomic E-state index is 0.0701. The van der Waals surface area contributed by atoms with Crippen LogP contribution in [0.4, 0.5) is 0 Å². The number of rotatable bonds is 3. The maximum atomic E-state index is 9.93. The van der Waals surface area contributed by atoms with Crippen molar-refractivity contribution in [2.75, 3.05) is 6.61 Å². The van der Waals surface area contributed by atoms with E-state index in [0.29, 0.717) is 0 Å². The van der Waals surface area contributed by atoms with Gasteiger partial charge in [0.1, 0.15) is 0 Å². The first kappa shape index (κ1) is 19.7. The van der Waals surface area contributed by atoms with Gasteiger partial charge in [0.05, 0.1) is 22.4 Å². The van der Waals surface area contributed by atoms with Crippen LogP contribution in [0.2, 0.25) is 11.6 Å². The van der Waals surface area contributed by atoms with E-state index in [0.717, 1.165) is 12.8 Å². The Morgan fingerprint density at radius 2 is 1.12 bits per heavy atom. The molecular formula is C18H34B2O5. The van der Waals surface area contributed by atoms with Gasteiger partial charge in [-0.3, -0.25) is 0 Å². The fraction of sp³-hybridized carbons (Fsp3) is 1.00. The molecule has 2 heterocycles. The SMILES string of the molecule is CC1(C)OB([C@@H]2[C@H](CO)CC[C@@H]2B2OC(C)(C)C(C)(C)O2)OC1(C)C. The van der Waals surface area contributed by atoms with E-state index in [1.807, 2.05) is 0 Å². The molecule has 2 aliphatic heterocycles. The van der Waals surface area contributed by atoms with Gasteiger partial charge in [0.2, 0.25) is 0 Å². The van der Waals surface area contributed by atoms with E-state index in [9.17, 15) is 5.11 Å². The summed E-state index contributed by atoms with van der Waals surface area (Å²) in [5, 5.41) is 9.93. The van der Waals surface area contributed by atoms with Crippen LogP contribution < -0.4 is 0 Å². The lowest BCUT2D eigenvalue weighted by Gasteiger charge is -2.32. The molecule has 0 aromatic carbocycles. The Morgan fingerprint density at radius 3 is 1.52 bits per heavy atom. The molecule has 5 nitrogen and oxygen atoms in total. The van der Waals surface area contributed by atoms with Gasteiger partial charge in [0.25, 0.3) is 0 Å². The predicted molar refractivity (Wildman–Crippen MR) is 99.5 cm³/mol. The third kappa shape index (κ3) is 3.10. The van der Waals surface area contributed by atoms with E-state index in [-0.39, 0.29) is 60.8 Å². The average molecular weight is 352 g/mol. The van der Waals surface area contributed by atoms with Crippen molar-refractivity contribution in [3.8, 4) is 0 Å². The third-order valence-electron chi connectivity index (χ3n) is 7.35. The van der Waals surface area contributed by atoms with Gasteiger partial charge in [0, 0.05) is 12.4 Å². The summed E-state index contributed by atoms with van der Waals surface area (Å²) in [5.41, 5.74) is -1.45. The van der Waals surface area contributed by atoms with Crippen molar-refractivity contribution in [2.24, 2.45) is 5.92 Å². The average Bonchev–Trinajstić information content (AvgIpc) is 3.02. The lowest BCUT2D eigenvalue weighted by Crippen LogP contribution is -2.41. The second-order valence-electron chi connectivity index (χ2n) is 10.0. The van der Waals surface area contributed by atoms with E-state index >= 15 is 0 Å². The number of hydrogen-bond acceptors (Lipinski definition) is 5. The molecule has 0 radical (unpaired) electrons. The summed E-state index contributed by atoms with van der Waals surface area (Å²) < 4.78 is 25.3. The van der Waals surface area contributed by atoms with Crippen LogP contribution in [-0.4, -0.2) is 48.4 Å². The Kier molecular flexibility index (Phi) is 4.70. The molecule has 7 heteroatoms. The minimum atomic E-state index is -0.374. The van der Waals surface area contributed by atoms with Gasteiger partial charge in [-0.15, -0.1) is 0 Å². The highest BCUT2D eigenvalue weighted by atomic mass is 16.7. The van der Waals surface area contributed by atoms with Gasteiger partial charge in [-0.1, -0.05) is 6.42 Å². The zero-order valence-corrected chi connectivity index (χ0v) is 17.1. The van der Waals surface area contributed by atoms with Crippen LogP contribution >= 0.6 is 0 Å². The monoisotopic (exact) mass is 352 g/mol. The molecule has 3 rings (SSSR count). The van der Waals surface area contributed by atoms with Crippen molar-refractivity contribution in [2.45, 2.75) is 102 Å². The molecule has 0 spiro atoms. The molecule has 0 unspecified atom stereocenters. The van der Waals surface area contributed by atoms with Crippen LogP contribution in [-0.2, 0) is 18.6 Å². The van der Waals surface area contributed by atoms with Gasteiger partial charge >= 0.3 is 14.2 Å². The second kappa shape index (κ2) is 5.96. The molecule has 0 bridgehead atoms. The van der Waals surface area contributed by atoms with E-state index in [2.05, 4.69) is 55.4 Å². The quantitative estimate of drug-likeness (QED) is 0.790. The second-order valence-corrected chi connectivity index (χ2v) is 10.0. The maximum absolute atomic E-state index is 9.93. The lowest BCUT2D eigenvalue weighted by molar-refractivity contribution is 0.00578. The Hall–Kier alpha value is -0.0701. The summed E-state index contributed by atoms with van der Waals surface area (Å²) in [6.07, 6.45) is 1.90. The molecule has 25 heavy (non-hydrogen) atoms. The molecule has 3 atom stereocenters. The zero-order valence-electron chi connectivity index (χ0n) is 17.1. The molecule has 3 fully saturated rings. The van der Waals surface area contributed by atoms with Crippen LogP contribution in [0, 0.1) is 5.92 Å². The van der Waals surface area contributed by atoms with Gasteiger partial charge in [-0.2, -0.15) is 0 Å². The van der Waals surface area contributed by atoms with Gasteiger partial charge in [-0.25, -0.2) is 0 Å². The van der Waals surface area contributed by atoms with Crippen LogP contribution in [0.15, 0.2) is 0 Å². The Balaban J connectivity index is 1.84. The van der Waals surface area contributed by atoms with E-state index in [1.54, 1.807) is 0 Å². The molecule has 0 aromatic rings. The first-order valence-electron chi connectivity index (χ1n) is 9.63. The fourth-order valence-corrected chi connectivity index (χ4v) is 4.20. The number of aliphatic hydroxyl groups excluding tert-OH is 1. The third-order valence-corrected chi connectivity index (χ3v) is 7.35. The van der Waals surface area contributed by atoms with E-state index < -0.39 is 0 Å². The van der Waals surface area contributed by atoms with Gasteiger partial charge in [0.15, 0.2) is 0 Å². The largest absolute Gasteiger partial charge is 0.461 e. The Bertz CT molecular complexity index is 488. The zero-order chi connectivity index (χ0) is 18.8. The maximum Gasteiger partial charge on any atom is 0.461 e. The van der Waals surface area contributed by atoms with Crippen molar-refractivity contribution in [3.05, 3.63) is 0 Å². The smallest absolute Gasteiger partial charge is 0.403 e. The number of hydrogen-bond donors (Lipinski definition) is 1. The van der Waals surface area contributed by atoms with Crippen molar-refractivity contribution in [3.63, 3.8) is 0 Å².